The topological polar surface area (TPSA) is 78.9 Å². The third-order valence-corrected chi connectivity index (χ3v) is 11.2. The molecule has 0 aliphatic carbocycles. The molecular formula is C57H98O6. The Hall–Kier alpha value is -3.15. The summed E-state index contributed by atoms with van der Waals surface area (Å²) in [6, 6.07) is 0. The molecule has 0 spiro atoms. The number of carbonyl (C=O) groups is 3. The fourth-order valence-corrected chi connectivity index (χ4v) is 7.12. The van der Waals surface area contributed by atoms with Crippen LogP contribution in [0.5, 0.6) is 0 Å². The first-order valence-electron chi connectivity index (χ1n) is 26.4. The van der Waals surface area contributed by atoms with Crippen LogP contribution in [0.3, 0.4) is 0 Å². The van der Waals surface area contributed by atoms with Crippen LogP contribution >= 0.6 is 0 Å². The molecule has 1 atom stereocenters. The Morgan fingerprint density at radius 3 is 0.952 bits per heavy atom. The average molecular weight is 879 g/mol. The highest BCUT2D eigenvalue weighted by molar-refractivity contribution is 5.71. The zero-order valence-electron chi connectivity index (χ0n) is 41.3. The van der Waals surface area contributed by atoms with Gasteiger partial charge in [0.1, 0.15) is 13.2 Å². The van der Waals surface area contributed by atoms with Crippen molar-refractivity contribution in [2.24, 2.45) is 0 Å². The molecule has 0 N–H and O–H groups in total. The fraction of sp³-hybridized carbons (Fsp3) is 0.737. The van der Waals surface area contributed by atoms with Gasteiger partial charge in [-0.05, 0) is 116 Å². The summed E-state index contributed by atoms with van der Waals surface area (Å²) in [6.45, 7) is 6.54. The minimum absolute atomic E-state index is 0.0934. The third-order valence-electron chi connectivity index (χ3n) is 11.2. The number of carbonyl (C=O) groups excluding carboxylic acids is 3. The summed E-state index contributed by atoms with van der Waals surface area (Å²) in [4.78, 5) is 38.0. The highest BCUT2D eigenvalue weighted by Crippen LogP contribution is 2.13. The summed E-state index contributed by atoms with van der Waals surface area (Å²) in [7, 11) is 0. The van der Waals surface area contributed by atoms with Crippen LogP contribution in [0.2, 0.25) is 0 Å². The molecule has 0 bridgehead atoms. The molecule has 6 nitrogen and oxygen atoms in total. The Morgan fingerprint density at radius 2 is 0.571 bits per heavy atom. The molecule has 0 aliphatic rings. The normalized spacial score (nSPS) is 12.6. The van der Waals surface area contributed by atoms with Gasteiger partial charge >= 0.3 is 17.9 Å². The Morgan fingerprint density at radius 1 is 0.317 bits per heavy atom. The summed E-state index contributed by atoms with van der Waals surface area (Å²) < 4.78 is 16.8. The lowest BCUT2D eigenvalue weighted by Crippen LogP contribution is -2.30. The van der Waals surface area contributed by atoms with Crippen LogP contribution in [0.25, 0.3) is 0 Å². The molecule has 0 aromatic heterocycles. The van der Waals surface area contributed by atoms with Gasteiger partial charge in [0.25, 0.3) is 0 Å². The molecule has 63 heavy (non-hydrogen) atoms. The molecular weight excluding hydrogens is 781 g/mol. The maximum atomic E-state index is 12.8. The van der Waals surface area contributed by atoms with Crippen LogP contribution in [-0.2, 0) is 28.6 Å². The van der Waals surface area contributed by atoms with Crippen molar-refractivity contribution in [1.29, 1.82) is 0 Å². The van der Waals surface area contributed by atoms with Crippen LogP contribution in [0.15, 0.2) is 72.9 Å². The summed E-state index contributed by atoms with van der Waals surface area (Å²) in [5.74, 6) is -0.941. The maximum Gasteiger partial charge on any atom is 0.306 e. The van der Waals surface area contributed by atoms with Gasteiger partial charge in [0, 0.05) is 19.3 Å². The summed E-state index contributed by atoms with van der Waals surface area (Å²) in [5.41, 5.74) is 0. The Bertz CT molecular complexity index is 1190. The van der Waals surface area contributed by atoms with Gasteiger partial charge < -0.3 is 14.2 Å². The minimum atomic E-state index is -0.795. The molecule has 0 aliphatic heterocycles. The second-order valence-corrected chi connectivity index (χ2v) is 17.4. The molecule has 0 aromatic carbocycles. The van der Waals surface area contributed by atoms with E-state index < -0.39 is 6.10 Å². The maximum absolute atomic E-state index is 12.8. The number of esters is 3. The summed E-state index contributed by atoms with van der Waals surface area (Å²) in [6.07, 6.45) is 64.5. The Balaban J connectivity index is 4.44. The molecule has 0 rings (SSSR count). The van der Waals surface area contributed by atoms with E-state index in [1.807, 2.05) is 0 Å². The zero-order valence-corrected chi connectivity index (χ0v) is 41.3. The number of unbranched alkanes of at least 4 members (excludes halogenated alkanes) is 24. The Labute approximate surface area is 389 Å². The molecule has 362 valence electrons. The number of allylic oxidation sites excluding steroid dienone is 12. The van der Waals surface area contributed by atoms with Crippen molar-refractivity contribution in [1.82, 2.24) is 0 Å². The van der Waals surface area contributed by atoms with E-state index >= 15 is 0 Å². The van der Waals surface area contributed by atoms with E-state index in [-0.39, 0.29) is 31.1 Å². The van der Waals surface area contributed by atoms with Crippen LogP contribution in [0.1, 0.15) is 252 Å². The fourth-order valence-electron chi connectivity index (χ4n) is 7.12. The van der Waals surface area contributed by atoms with Crippen LogP contribution in [0.4, 0.5) is 0 Å². The van der Waals surface area contributed by atoms with E-state index in [2.05, 4.69) is 93.7 Å². The van der Waals surface area contributed by atoms with Gasteiger partial charge in [0.15, 0.2) is 6.10 Å². The first-order chi connectivity index (χ1) is 31.0. The Kier molecular flexibility index (Phi) is 48.9. The van der Waals surface area contributed by atoms with Gasteiger partial charge in [-0.2, -0.15) is 0 Å². The number of hydrogen-bond acceptors (Lipinski definition) is 6. The first kappa shape index (κ1) is 59.9. The third kappa shape index (κ3) is 49.7. The quantitative estimate of drug-likeness (QED) is 0.0262. The van der Waals surface area contributed by atoms with E-state index in [1.165, 1.54) is 109 Å². The van der Waals surface area contributed by atoms with Gasteiger partial charge in [-0.15, -0.1) is 0 Å². The van der Waals surface area contributed by atoms with E-state index in [0.717, 1.165) is 103 Å². The second kappa shape index (κ2) is 51.5. The number of ether oxygens (including phenoxy) is 3. The largest absolute Gasteiger partial charge is 0.462 e. The van der Waals surface area contributed by atoms with E-state index in [4.69, 9.17) is 14.2 Å². The molecule has 0 saturated heterocycles. The standard InChI is InChI=1S/C57H98O6/c1-4-7-10-13-16-19-22-25-26-27-28-29-30-33-35-38-41-44-47-50-56(59)62-53-54(63-57(60)51-48-45-42-39-36-32-24-21-18-15-12-9-6-3)52-61-55(58)49-46-43-40-37-34-31-23-20-17-14-11-8-5-2/h16,19-21,23-26,28-29,33,35,54H,4-15,17-18,22,27,30-32,34,36-53H2,1-3H3/b19-16+,23-20+,24-21+,26-25+,29-28+,35-33+/t54-/m1/s1. The van der Waals surface area contributed by atoms with Gasteiger partial charge in [-0.1, -0.05) is 190 Å². The molecule has 0 heterocycles. The molecule has 6 heteroatoms. The van der Waals surface area contributed by atoms with Crippen molar-refractivity contribution in [3.05, 3.63) is 72.9 Å². The highest BCUT2D eigenvalue weighted by Gasteiger charge is 2.19. The smallest absolute Gasteiger partial charge is 0.306 e. The SMILES string of the molecule is CCCCC/C=C/C/C=C/C/C=C/C/C=C/CCCCCC(=O)OC[C@@H](COC(=O)CCCCCCC/C=C/CCCCCC)OC(=O)CCCCCCC/C=C/CCCCCC. The van der Waals surface area contributed by atoms with Crippen molar-refractivity contribution in [3.63, 3.8) is 0 Å². The van der Waals surface area contributed by atoms with Crippen LogP contribution in [-0.4, -0.2) is 37.2 Å². The molecule has 0 aromatic rings. The van der Waals surface area contributed by atoms with Gasteiger partial charge in [-0.25, -0.2) is 0 Å². The van der Waals surface area contributed by atoms with Gasteiger partial charge in [0.2, 0.25) is 0 Å². The number of rotatable bonds is 47. The molecule has 0 unspecified atom stereocenters. The van der Waals surface area contributed by atoms with E-state index in [1.54, 1.807) is 0 Å². The van der Waals surface area contributed by atoms with Crippen molar-refractivity contribution < 1.29 is 28.6 Å². The molecule has 0 fully saturated rings. The van der Waals surface area contributed by atoms with Crippen molar-refractivity contribution in [2.75, 3.05) is 13.2 Å². The lowest BCUT2D eigenvalue weighted by molar-refractivity contribution is -0.167. The molecule has 0 saturated carbocycles. The van der Waals surface area contributed by atoms with Gasteiger partial charge in [0.05, 0.1) is 0 Å². The second-order valence-electron chi connectivity index (χ2n) is 17.4. The predicted octanol–water partition coefficient (Wildman–Crippen LogP) is 17.4. The predicted molar refractivity (Wildman–Crippen MR) is 270 cm³/mol. The van der Waals surface area contributed by atoms with Crippen molar-refractivity contribution >= 4 is 17.9 Å². The molecule has 0 amide bonds. The monoisotopic (exact) mass is 879 g/mol. The summed E-state index contributed by atoms with van der Waals surface area (Å²) >= 11 is 0. The van der Waals surface area contributed by atoms with Crippen molar-refractivity contribution in [3.8, 4) is 0 Å². The highest BCUT2D eigenvalue weighted by atomic mass is 16.6. The minimum Gasteiger partial charge on any atom is -0.462 e. The van der Waals surface area contributed by atoms with Crippen LogP contribution in [0, 0.1) is 0 Å². The molecule has 0 radical (unpaired) electrons. The lowest BCUT2D eigenvalue weighted by Gasteiger charge is -2.18. The zero-order chi connectivity index (χ0) is 45.8. The first-order valence-corrected chi connectivity index (χ1v) is 26.4. The number of hydrogen-bond donors (Lipinski definition) is 0. The van der Waals surface area contributed by atoms with Gasteiger partial charge in [-0.3, -0.25) is 14.4 Å². The average Bonchev–Trinajstić information content (AvgIpc) is 3.28. The van der Waals surface area contributed by atoms with E-state index in [0.29, 0.717) is 19.3 Å². The van der Waals surface area contributed by atoms with E-state index in [9.17, 15) is 14.4 Å². The lowest BCUT2D eigenvalue weighted by atomic mass is 10.1. The van der Waals surface area contributed by atoms with Crippen LogP contribution < -0.4 is 0 Å². The van der Waals surface area contributed by atoms with Crippen molar-refractivity contribution in [2.45, 2.75) is 258 Å². The summed E-state index contributed by atoms with van der Waals surface area (Å²) in [5, 5.41) is 0.